The molecule has 0 saturated carbocycles. The largest absolute Gasteiger partial charge is 0.396 e. The summed E-state index contributed by atoms with van der Waals surface area (Å²) >= 11 is 1.20. The molecule has 1 aromatic rings. The molecule has 0 radical (unpaired) electrons. The third-order valence-corrected chi connectivity index (χ3v) is 6.25. The highest BCUT2D eigenvalue weighted by Gasteiger charge is 2.35. The standard InChI is InChI=1S/C10H16N2O3S2/c1-8-11-7-10(16-8)17(14,15)12-5-2-3-9(12)4-6-13/h7,9,13H,2-6H2,1H3. The zero-order valence-corrected chi connectivity index (χ0v) is 11.3. The lowest BCUT2D eigenvalue weighted by atomic mass is 10.2. The van der Waals surface area contributed by atoms with E-state index in [2.05, 4.69) is 4.98 Å². The third kappa shape index (κ3) is 2.52. The predicted octanol–water partition coefficient (Wildman–Crippen LogP) is 0.987. The second kappa shape index (κ2) is 5.01. The van der Waals surface area contributed by atoms with Crippen LogP contribution in [0.2, 0.25) is 0 Å². The Bertz CT molecular complexity index is 483. The average molecular weight is 276 g/mol. The van der Waals surface area contributed by atoms with Crippen LogP contribution in [-0.4, -0.2) is 42.0 Å². The molecule has 1 unspecified atom stereocenters. The van der Waals surface area contributed by atoms with Crippen LogP contribution in [0.5, 0.6) is 0 Å². The Labute approximate surface area is 105 Å². The fourth-order valence-corrected chi connectivity index (χ4v) is 5.10. The van der Waals surface area contributed by atoms with Crippen LogP contribution in [-0.2, 0) is 10.0 Å². The molecule has 17 heavy (non-hydrogen) atoms. The fraction of sp³-hybridized carbons (Fsp3) is 0.700. The molecule has 2 rings (SSSR count). The normalized spacial score (nSPS) is 22.1. The summed E-state index contributed by atoms with van der Waals surface area (Å²) in [4.78, 5) is 3.99. The van der Waals surface area contributed by atoms with Crippen molar-refractivity contribution in [3.63, 3.8) is 0 Å². The molecule has 0 bridgehead atoms. The number of aliphatic hydroxyl groups excluding tert-OH is 1. The molecule has 0 aromatic carbocycles. The summed E-state index contributed by atoms with van der Waals surface area (Å²) in [5, 5.41) is 9.70. The van der Waals surface area contributed by atoms with Crippen molar-refractivity contribution in [3.8, 4) is 0 Å². The minimum atomic E-state index is -3.41. The topological polar surface area (TPSA) is 70.5 Å². The molecule has 7 heteroatoms. The summed E-state index contributed by atoms with van der Waals surface area (Å²) in [6.07, 6.45) is 3.62. The Morgan fingerprint density at radius 1 is 1.65 bits per heavy atom. The predicted molar refractivity (Wildman–Crippen MR) is 65.5 cm³/mol. The first-order valence-electron chi connectivity index (χ1n) is 5.61. The van der Waals surface area contributed by atoms with Gasteiger partial charge in [0.2, 0.25) is 0 Å². The number of hydrogen-bond acceptors (Lipinski definition) is 5. The maximum absolute atomic E-state index is 12.3. The second-order valence-electron chi connectivity index (χ2n) is 4.12. The Hall–Kier alpha value is -0.500. The van der Waals surface area contributed by atoms with E-state index < -0.39 is 10.0 Å². The van der Waals surface area contributed by atoms with Crippen molar-refractivity contribution in [2.45, 2.75) is 36.4 Å². The summed E-state index contributed by atoms with van der Waals surface area (Å²) in [6, 6.07) is -0.0626. The molecule has 96 valence electrons. The van der Waals surface area contributed by atoms with Gasteiger partial charge in [-0.15, -0.1) is 11.3 Å². The molecule has 5 nitrogen and oxygen atoms in total. The van der Waals surface area contributed by atoms with E-state index in [0.717, 1.165) is 17.8 Å². The monoisotopic (exact) mass is 276 g/mol. The van der Waals surface area contributed by atoms with E-state index in [1.807, 2.05) is 0 Å². The second-order valence-corrected chi connectivity index (χ2v) is 7.47. The number of aliphatic hydroxyl groups is 1. The van der Waals surface area contributed by atoms with E-state index in [9.17, 15) is 8.42 Å². The van der Waals surface area contributed by atoms with Gasteiger partial charge in [0.1, 0.15) is 0 Å². The van der Waals surface area contributed by atoms with Crippen LogP contribution in [0.1, 0.15) is 24.3 Å². The zero-order chi connectivity index (χ0) is 12.5. The van der Waals surface area contributed by atoms with Crippen molar-refractivity contribution in [1.29, 1.82) is 0 Å². The zero-order valence-electron chi connectivity index (χ0n) is 9.66. The van der Waals surface area contributed by atoms with Gasteiger partial charge in [-0.25, -0.2) is 13.4 Å². The van der Waals surface area contributed by atoms with Crippen LogP contribution in [0, 0.1) is 6.92 Å². The van der Waals surface area contributed by atoms with Crippen molar-refractivity contribution < 1.29 is 13.5 Å². The van der Waals surface area contributed by atoms with Crippen LogP contribution in [0.25, 0.3) is 0 Å². The summed E-state index contributed by atoms with van der Waals surface area (Å²) in [6.45, 7) is 2.36. The van der Waals surface area contributed by atoms with Crippen molar-refractivity contribution >= 4 is 21.4 Å². The summed E-state index contributed by atoms with van der Waals surface area (Å²) in [5.41, 5.74) is 0. The van der Waals surface area contributed by atoms with Crippen LogP contribution in [0.3, 0.4) is 0 Å². The van der Waals surface area contributed by atoms with E-state index in [4.69, 9.17) is 5.11 Å². The highest BCUT2D eigenvalue weighted by atomic mass is 32.2. The number of aryl methyl sites for hydroxylation is 1. The van der Waals surface area contributed by atoms with Crippen molar-refractivity contribution in [2.24, 2.45) is 0 Å². The Morgan fingerprint density at radius 3 is 3.00 bits per heavy atom. The van der Waals surface area contributed by atoms with Gasteiger partial charge in [0, 0.05) is 19.2 Å². The Morgan fingerprint density at radius 2 is 2.41 bits per heavy atom. The minimum absolute atomic E-state index is 0.0262. The molecule has 1 fully saturated rings. The van der Waals surface area contributed by atoms with E-state index in [-0.39, 0.29) is 12.6 Å². The number of aromatic nitrogens is 1. The van der Waals surface area contributed by atoms with Gasteiger partial charge in [0.05, 0.1) is 11.2 Å². The molecule has 1 aliphatic heterocycles. The maximum atomic E-state index is 12.3. The van der Waals surface area contributed by atoms with Gasteiger partial charge in [0.25, 0.3) is 10.0 Å². The van der Waals surface area contributed by atoms with Crippen molar-refractivity contribution in [3.05, 3.63) is 11.2 Å². The summed E-state index contributed by atoms with van der Waals surface area (Å²) in [5.74, 6) is 0. The maximum Gasteiger partial charge on any atom is 0.254 e. The fourth-order valence-electron chi connectivity index (χ4n) is 2.14. The van der Waals surface area contributed by atoms with Gasteiger partial charge in [0.15, 0.2) is 4.21 Å². The van der Waals surface area contributed by atoms with Crippen molar-refractivity contribution in [2.75, 3.05) is 13.2 Å². The summed E-state index contributed by atoms with van der Waals surface area (Å²) in [7, 11) is -3.41. The lowest BCUT2D eigenvalue weighted by Gasteiger charge is -2.22. The van der Waals surface area contributed by atoms with E-state index in [0.29, 0.717) is 17.2 Å². The number of thiazole rings is 1. The molecule has 1 atom stereocenters. The molecule has 1 saturated heterocycles. The van der Waals surface area contributed by atoms with Crippen molar-refractivity contribution in [1.82, 2.24) is 9.29 Å². The smallest absolute Gasteiger partial charge is 0.254 e. The minimum Gasteiger partial charge on any atom is -0.396 e. The molecule has 2 heterocycles. The van der Waals surface area contributed by atoms with Gasteiger partial charge < -0.3 is 5.11 Å². The third-order valence-electron chi connectivity index (χ3n) is 2.95. The lowest BCUT2D eigenvalue weighted by molar-refractivity contribution is 0.246. The quantitative estimate of drug-likeness (QED) is 0.890. The number of rotatable bonds is 4. The molecule has 0 amide bonds. The molecule has 1 aliphatic rings. The Balaban J connectivity index is 2.26. The summed E-state index contributed by atoms with van der Waals surface area (Å²) < 4.78 is 26.5. The number of sulfonamides is 1. The molecular weight excluding hydrogens is 260 g/mol. The van der Waals surface area contributed by atoms with E-state index in [1.165, 1.54) is 21.8 Å². The van der Waals surface area contributed by atoms with Gasteiger partial charge in [-0.2, -0.15) is 4.31 Å². The molecule has 1 N–H and O–H groups in total. The first kappa shape index (κ1) is 12.9. The number of hydrogen-bond donors (Lipinski definition) is 1. The average Bonchev–Trinajstić information content (AvgIpc) is 2.87. The molecule has 0 spiro atoms. The first-order chi connectivity index (χ1) is 8.05. The molecule has 0 aliphatic carbocycles. The molecule has 1 aromatic heterocycles. The lowest BCUT2D eigenvalue weighted by Crippen LogP contribution is -2.35. The van der Waals surface area contributed by atoms with Crippen LogP contribution < -0.4 is 0 Å². The van der Waals surface area contributed by atoms with Gasteiger partial charge in [-0.1, -0.05) is 0 Å². The van der Waals surface area contributed by atoms with Gasteiger partial charge >= 0.3 is 0 Å². The first-order valence-corrected chi connectivity index (χ1v) is 7.86. The Kier molecular flexibility index (Phi) is 3.82. The van der Waals surface area contributed by atoms with E-state index in [1.54, 1.807) is 6.92 Å². The van der Waals surface area contributed by atoms with Crippen LogP contribution >= 0.6 is 11.3 Å². The van der Waals surface area contributed by atoms with Crippen LogP contribution in [0.4, 0.5) is 0 Å². The van der Waals surface area contributed by atoms with Crippen LogP contribution in [0.15, 0.2) is 10.4 Å². The van der Waals surface area contributed by atoms with Gasteiger partial charge in [-0.3, -0.25) is 0 Å². The highest BCUT2D eigenvalue weighted by Crippen LogP contribution is 2.30. The van der Waals surface area contributed by atoms with Gasteiger partial charge in [-0.05, 0) is 26.2 Å². The highest BCUT2D eigenvalue weighted by molar-refractivity contribution is 7.91. The number of nitrogens with zero attached hydrogens (tertiary/aromatic N) is 2. The molecular formula is C10H16N2O3S2. The SMILES string of the molecule is Cc1ncc(S(=O)(=O)N2CCCC2CCO)s1. The van der Waals surface area contributed by atoms with E-state index >= 15 is 0 Å².